The second-order valence-corrected chi connectivity index (χ2v) is 6.50. The van der Waals surface area contributed by atoms with Crippen molar-refractivity contribution in [3.63, 3.8) is 0 Å². The SMILES string of the molecule is CC(=O)Oc1ccc(/C=N/NC(=O)CSCc2cccc(Cl)c2)cc1. The van der Waals surface area contributed by atoms with Gasteiger partial charge >= 0.3 is 5.97 Å². The molecule has 1 amide bonds. The molecule has 0 saturated carbocycles. The first-order chi connectivity index (χ1) is 12.0. The Morgan fingerprint density at radius 3 is 2.68 bits per heavy atom. The van der Waals surface area contributed by atoms with Crippen LogP contribution in [0.3, 0.4) is 0 Å². The van der Waals surface area contributed by atoms with E-state index in [2.05, 4.69) is 10.5 Å². The van der Waals surface area contributed by atoms with Gasteiger partial charge in [0.15, 0.2) is 0 Å². The van der Waals surface area contributed by atoms with E-state index >= 15 is 0 Å². The Balaban J connectivity index is 1.72. The fourth-order valence-electron chi connectivity index (χ4n) is 1.89. The zero-order valence-corrected chi connectivity index (χ0v) is 15.1. The molecule has 0 bridgehead atoms. The first-order valence-corrected chi connectivity index (χ1v) is 8.99. The summed E-state index contributed by atoms with van der Waals surface area (Å²) in [6.45, 7) is 1.34. The number of amides is 1. The van der Waals surface area contributed by atoms with Crippen LogP contribution in [0, 0.1) is 0 Å². The van der Waals surface area contributed by atoms with Crippen LogP contribution in [0.25, 0.3) is 0 Å². The Bertz CT molecular complexity index is 763. The molecule has 0 aliphatic heterocycles. The summed E-state index contributed by atoms with van der Waals surface area (Å²) in [5, 5.41) is 4.59. The number of hydrazone groups is 1. The molecule has 0 aliphatic carbocycles. The third-order valence-corrected chi connectivity index (χ3v) is 4.17. The van der Waals surface area contributed by atoms with Crippen molar-refractivity contribution in [2.45, 2.75) is 12.7 Å². The molecule has 130 valence electrons. The number of nitrogens with one attached hydrogen (secondary N) is 1. The van der Waals surface area contributed by atoms with Gasteiger partial charge < -0.3 is 4.74 Å². The monoisotopic (exact) mass is 376 g/mol. The topological polar surface area (TPSA) is 67.8 Å². The van der Waals surface area contributed by atoms with Gasteiger partial charge in [0, 0.05) is 17.7 Å². The average Bonchev–Trinajstić information content (AvgIpc) is 2.56. The van der Waals surface area contributed by atoms with E-state index in [1.807, 2.05) is 24.3 Å². The number of carbonyl (C=O) groups is 2. The number of esters is 1. The largest absolute Gasteiger partial charge is 0.427 e. The van der Waals surface area contributed by atoms with Crippen molar-refractivity contribution in [2.24, 2.45) is 5.10 Å². The van der Waals surface area contributed by atoms with Crippen molar-refractivity contribution < 1.29 is 14.3 Å². The standard InChI is InChI=1S/C18H17ClN2O3S/c1-13(22)24-17-7-5-14(6-8-17)10-20-21-18(23)12-25-11-15-3-2-4-16(19)9-15/h2-10H,11-12H2,1H3,(H,21,23)/b20-10+. The highest BCUT2D eigenvalue weighted by Gasteiger charge is 2.01. The Labute approximate surface area is 155 Å². The minimum Gasteiger partial charge on any atom is -0.427 e. The summed E-state index contributed by atoms with van der Waals surface area (Å²) in [5.41, 5.74) is 4.33. The number of nitrogens with zero attached hydrogens (tertiary/aromatic N) is 1. The Morgan fingerprint density at radius 2 is 2.00 bits per heavy atom. The molecule has 0 aromatic heterocycles. The third-order valence-electron chi connectivity index (χ3n) is 2.94. The first kappa shape index (κ1) is 19.0. The maximum atomic E-state index is 11.7. The van der Waals surface area contributed by atoms with Crippen LogP contribution in [0.2, 0.25) is 5.02 Å². The van der Waals surface area contributed by atoms with Gasteiger partial charge in [0.2, 0.25) is 5.91 Å². The molecule has 2 rings (SSSR count). The molecular weight excluding hydrogens is 360 g/mol. The summed E-state index contributed by atoms with van der Waals surface area (Å²) in [5.74, 6) is 0.916. The van der Waals surface area contributed by atoms with E-state index in [4.69, 9.17) is 16.3 Å². The first-order valence-electron chi connectivity index (χ1n) is 7.45. The molecule has 0 unspecified atom stereocenters. The zero-order valence-electron chi connectivity index (χ0n) is 13.6. The molecule has 0 heterocycles. The van der Waals surface area contributed by atoms with Crippen LogP contribution in [0.1, 0.15) is 18.1 Å². The molecule has 2 aromatic rings. The summed E-state index contributed by atoms with van der Waals surface area (Å²) in [6.07, 6.45) is 1.52. The molecule has 5 nitrogen and oxygen atoms in total. The van der Waals surface area contributed by atoms with Gasteiger partial charge in [-0.2, -0.15) is 5.10 Å². The number of benzene rings is 2. The molecule has 0 fully saturated rings. The smallest absolute Gasteiger partial charge is 0.308 e. The summed E-state index contributed by atoms with van der Waals surface area (Å²) in [4.78, 5) is 22.6. The van der Waals surface area contributed by atoms with E-state index in [0.29, 0.717) is 22.3 Å². The number of halogens is 1. The van der Waals surface area contributed by atoms with Crippen molar-refractivity contribution >= 4 is 41.5 Å². The van der Waals surface area contributed by atoms with Crippen molar-refractivity contribution in [1.82, 2.24) is 5.43 Å². The molecule has 0 atom stereocenters. The van der Waals surface area contributed by atoms with Crippen LogP contribution in [0.4, 0.5) is 0 Å². The fraction of sp³-hybridized carbons (Fsp3) is 0.167. The highest BCUT2D eigenvalue weighted by molar-refractivity contribution is 7.99. The number of hydrogen-bond donors (Lipinski definition) is 1. The molecule has 0 spiro atoms. The molecule has 7 heteroatoms. The van der Waals surface area contributed by atoms with Crippen molar-refractivity contribution in [2.75, 3.05) is 5.75 Å². The molecule has 2 aromatic carbocycles. The zero-order chi connectivity index (χ0) is 18.1. The Hall–Kier alpha value is -2.31. The van der Waals surface area contributed by atoms with Crippen molar-refractivity contribution in [1.29, 1.82) is 0 Å². The van der Waals surface area contributed by atoms with Gasteiger partial charge in [-0.05, 0) is 47.5 Å². The van der Waals surface area contributed by atoms with Crippen LogP contribution in [0.5, 0.6) is 5.75 Å². The fourth-order valence-corrected chi connectivity index (χ4v) is 2.87. The second kappa shape index (κ2) is 9.86. The minimum atomic E-state index is -0.371. The predicted molar refractivity (Wildman–Crippen MR) is 101 cm³/mol. The highest BCUT2D eigenvalue weighted by atomic mass is 35.5. The molecular formula is C18H17ClN2O3S. The quantitative estimate of drug-likeness (QED) is 0.346. The van der Waals surface area contributed by atoms with Gasteiger partial charge in [-0.1, -0.05) is 23.7 Å². The van der Waals surface area contributed by atoms with Crippen LogP contribution < -0.4 is 10.2 Å². The van der Waals surface area contributed by atoms with Crippen LogP contribution in [-0.2, 0) is 15.3 Å². The van der Waals surface area contributed by atoms with E-state index < -0.39 is 0 Å². The normalized spacial score (nSPS) is 10.6. The second-order valence-electron chi connectivity index (χ2n) is 5.08. The van der Waals surface area contributed by atoms with Gasteiger partial charge in [-0.25, -0.2) is 5.43 Å². The van der Waals surface area contributed by atoms with E-state index in [-0.39, 0.29) is 11.9 Å². The number of hydrogen-bond acceptors (Lipinski definition) is 5. The lowest BCUT2D eigenvalue weighted by atomic mass is 10.2. The summed E-state index contributed by atoms with van der Waals surface area (Å²) in [7, 11) is 0. The van der Waals surface area contributed by atoms with E-state index in [1.165, 1.54) is 24.9 Å². The third kappa shape index (κ3) is 7.41. The molecule has 25 heavy (non-hydrogen) atoms. The van der Waals surface area contributed by atoms with Gasteiger partial charge in [0.25, 0.3) is 0 Å². The maximum absolute atomic E-state index is 11.7. The number of carbonyl (C=O) groups excluding carboxylic acids is 2. The average molecular weight is 377 g/mol. The number of rotatable bonds is 7. The lowest BCUT2D eigenvalue weighted by molar-refractivity contribution is -0.131. The minimum absolute atomic E-state index is 0.181. The number of ether oxygens (including phenoxy) is 1. The van der Waals surface area contributed by atoms with Crippen molar-refractivity contribution in [3.05, 3.63) is 64.7 Å². The Kier molecular flexibility index (Phi) is 7.50. The molecule has 1 N–H and O–H groups in total. The van der Waals surface area contributed by atoms with E-state index in [0.717, 1.165) is 11.1 Å². The summed E-state index contributed by atoms with van der Waals surface area (Å²) < 4.78 is 4.94. The molecule has 0 radical (unpaired) electrons. The van der Waals surface area contributed by atoms with Crippen LogP contribution in [0.15, 0.2) is 53.6 Å². The van der Waals surface area contributed by atoms with Gasteiger partial charge in [-0.15, -0.1) is 11.8 Å². The Morgan fingerprint density at radius 1 is 1.24 bits per heavy atom. The maximum Gasteiger partial charge on any atom is 0.308 e. The predicted octanol–water partition coefficient (Wildman–Crippen LogP) is 3.65. The molecule has 0 aliphatic rings. The summed E-state index contributed by atoms with van der Waals surface area (Å²) >= 11 is 7.40. The summed E-state index contributed by atoms with van der Waals surface area (Å²) in [6, 6.07) is 14.3. The molecule has 0 saturated heterocycles. The lowest BCUT2D eigenvalue weighted by Gasteiger charge is -2.02. The van der Waals surface area contributed by atoms with E-state index in [1.54, 1.807) is 24.3 Å². The van der Waals surface area contributed by atoms with Crippen LogP contribution in [-0.4, -0.2) is 23.8 Å². The van der Waals surface area contributed by atoms with Crippen LogP contribution >= 0.6 is 23.4 Å². The van der Waals surface area contributed by atoms with Gasteiger partial charge in [0.05, 0.1) is 12.0 Å². The van der Waals surface area contributed by atoms with Gasteiger partial charge in [0.1, 0.15) is 5.75 Å². The van der Waals surface area contributed by atoms with E-state index in [9.17, 15) is 9.59 Å². The number of thioether (sulfide) groups is 1. The highest BCUT2D eigenvalue weighted by Crippen LogP contribution is 2.16. The van der Waals surface area contributed by atoms with Gasteiger partial charge in [-0.3, -0.25) is 9.59 Å². The lowest BCUT2D eigenvalue weighted by Crippen LogP contribution is -2.19. The van der Waals surface area contributed by atoms with Crippen molar-refractivity contribution in [3.8, 4) is 5.75 Å².